The monoisotopic (exact) mass is 424 g/mol. The van der Waals surface area contributed by atoms with Crippen molar-refractivity contribution in [2.24, 2.45) is 0 Å². The fourth-order valence-electron chi connectivity index (χ4n) is 3.14. The molecule has 32 heavy (non-hydrogen) atoms. The molecule has 0 fully saturated rings. The van der Waals surface area contributed by atoms with E-state index in [-0.39, 0.29) is 11.5 Å². The van der Waals surface area contributed by atoms with E-state index in [2.05, 4.69) is 10.6 Å². The second-order valence-electron chi connectivity index (χ2n) is 7.24. The molecule has 0 aliphatic heterocycles. The highest BCUT2D eigenvalue weighted by Crippen LogP contribution is 2.16. The van der Waals surface area contributed by atoms with E-state index in [9.17, 15) is 14.9 Å². The number of carbonyl (C=O) groups excluding carboxylic acids is 2. The summed E-state index contributed by atoms with van der Waals surface area (Å²) in [5, 5.41) is 15.1. The fourth-order valence-corrected chi connectivity index (χ4v) is 3.14. The molecule has 0 saturated carbocycles. The second kappa shape index (κ2) is 11.1. The van der Waals surface area contributed by atoms with E-state index in [0.717, 1.165) is 11.1 Å². The van der Waals surface area contributed by atoms with Gasteiger partial charge in [-0.05, 0) is 35.4 Å². The van der Waals surface area contributed by atoms with Crippen LogP contribution in [0.15, 0.2) is 96.7 Å². The van der Waals surface area contributed by atoms with E-state index in [4.69, 9.17) is 0 Å². The molecule has 3 aromatic rings. The minimum atomic E-state index is -0.495. The van der Waals surface area contributed by atoms with Crippen molar-refractivity contribution in [3.05, 3.63) is 108 Å². The summed E-state index contributed by atoms with van der Waals surface area (Å²) < 4.78 is 0. The summed E-state index contributed by atoms with van der Waals surface area (Å²) in [6, 6.07) is 28.5. The number of hydrogen-bond donors (Lipinski definition) is 2. The second-order valence-corrected chi connectivity index (χ2v) is 7.24. The first-order valence-electron chi connectivity index (χ1n) is 10.2. The Hall–Kier alpha value is -4.37. The van der Waals surface area contributed by atoms with Crippen LogP contribution in [-0.4, -0.2) is 16.7 Å². The minimum absolute atomic E-state index is 0.00259. The zero-order chi connectivity index (χ0) is 22.8. The topological polar surface area (TPSA) is 85.2 Å². The van der Waals surface area contributed by atoms with Crippen molar-refractivity contribution in [1.29, 1.82) is 5.26 Å². The Morgan fingerprint density at radius 1 is 0.812 bits per heavy atom. The van der Waals surface area contributed by atoms with Gasteiger partial charge in [-0.2, -0.15) is 5.26 Å². The summed E-state index contributed by atoms with van der Waals surface area (Å²) in [5.41, 5.74) is 3.31. The van der Waals surface area contributed by atoms with E-state index in [0.29, 0.717) is 24.5 Å². The molecule has 160 valence electrons. The smallest absolute Gasteiger partial charge is 0.267 e. The highest BCUT2D eigenvalue weighted by molar-refractivity contribution is 6.06. The van der Waals surface area contributed by atoms with Crippen LogP contribution in [0, 0.1) is 11.3 Å². The number of nitrogens with one attached hydrogen (secondary N) is 2. The molecule has 0 heterocycles. The van der Waals surface area contributed by atoms with E-state index in [1.807, 2.05) is 71.6 Å². The quantitative estimate of drug-likeness (QED) is 0.406. The molecule has 0 unspecified atom stereocenters. The first-order valence-corrected chi connectivity index (χ1v) is 10.2. The Morgan fingerprint density at radius 3 is 1.72 bits per heavy atom. The van der Waals surface area contributed by atoms with Crippen molar-refractivity contribution in [2.45, 2.75) is 20.0 Å². The third-order valence-electron chi connectivity index (χ3n) is 4.60. The first-order chi connectivity index (χ1) is 15.5. The molecule has 0 aromatic heterocycles. The summed E-state index contributed by atoms with van der Waals surface area (Å²) in [4.78, 5) is 25.8. The van der Waals surface area contributed by atoms with Gasteiger partial charge in [0.05, 0.1) is 0 Å². The minimum Gasteiger partial charge on any atom is -0.367 e. The fraction of sp³-hybridized carbons (Fsp3) is 0.115. The van der Waals surface area contributed by atoms with E-state index >= 15 is 0 Å². The zero-order valence-electron chi connectivity index (χ0n) is 17.8. The molecule has 3 aromatic carbocycles. The molecule has 0 aliphatic rings. The van der Waals surface area contributed by atoms with E-state index in [1.165, 1.54) is 6.92 Å². The molecular weight excluding hydrogens is 400 g/mol. The average molecular weight is 425 g/mol. The van der Waals surface area contributed by atoms with Gasteiger partial charge in [0, 0.05) is 37.6 Å². The summed E-state index contributed by atoms with van der Waals surface area (Å²) in [6.45, 7) is 2.54. The van der Waals surface area contributed by atoms with Crippen molar-refractivity contribution in [1.82, 2.24) is 4.90 Å². The number of benzene rings is 3. The molecular formula is C26H24N4O2. The van der Waals surface area contributed by atoms with Crippen molar-refractivity contribution in [3.63, 3.8) is 0 Å². The van der Waals surface area contributed by atoms with Gasteiger partial charge in [0.15, 0.2) is 0 Å². The zero-order valence-corrected chi connectivity index (χ0v) is 17.8. The van der Waals surface area contributed by atoms with Crippen LogP contribution in [0.25, 0.3) is 0 Å². The maximum absolute atomic E-state index is 12.7. The molecule has 0 bridgehead atoms. The highest BCUT2D eigenvalue weighted by Gasteiger charge is 2.13. The third-order valence-corrected chi connectivity index (χ3v) is 4.60. The summed E-state index contributed by atoms with van der Waals surface area (Å²) in [5.74, 6) is -0.667. The van der Waals surface area contributed by atoms with Crippen LogP contribution in [0.1, 0.15) is 18.1 Å². The number of carbonyl (C=O) groups is 2. The number of anilines is 2. The van der Waals surface area contributed by atoms with Crippen molar-refractivity contribution >= 4 is 23.2 Å². The number of nitrogens with zero attached hydrogens (tertiary/aromatic N) is 2. The molecule has 2 N–H and O–H groups in total. The average Bonchev–Trinajstić information content (AvgIpc) is 2.79. The maximum Gasteiger partial charge on any atom is 0.267 e. The van der Waals surface area contributed by atoms with Gasteiger partial charge in [-0.15, -0.1) is 0 Å². The van der Waals surface area contributed by atoms with E-state index in [1.54, 1.807) is 30.5 Å². The third kappa shape index (κ3) is 6.85. The maximum atomic E-state index is 12.7. The molecule has 3 rings (SSSR count). The summed E-state index contributed by atoms with van der Waals surface area (Å²) in [7, 11) is 0. The molecule has 0 spiro atoms. The first kappa shape index (κ1) is 22.3. The molecule has 0 aliphatic carbocycles. The number of amides is 2. The normalized spacial score (nSPS) is 10.7. The van der Waals surface area contributed by atoms with Gasteiger partial charge in [0.25, 0.3) is 5.91 Å². The lowest BCUT2D eigenvalue weighted by Gasteiger charge is -2.21. The molecule has 0 atom stereocenters. The van der Waals surface area contributed by atoms with Gasteiger partial charge in [-0.1, -0.05) is 60.7 Å². The molecule has 2 amide bonds. The summed E-state index contributed by atoms with van der Waals surface area (Å²) >= 11 is 0. The van der Waals surface area contributed by atoms with Gasteiger partial charge >= 0.3 is 0 Å². The number of rotatable bonds is 8. The standard InChI is InChI=1S/C26H24N4O2/c1-20(31)28-24-12-14-25(15-13-24)29-26(32)23(16-27)19-30(17-21-8-4-2-5-9-21)18-22-10-6-3-7-11-22/h2-15,19H,17-18H2,1H3,(H,28,31)(H,29,32)/b23-19-. The Labute approximate surface area is 187 Å². The Morgan fingerprint density at radius 2 is 1.28 bits per heavy atom. The highest BCUT2D eigenvalue weighted by atomic mass is 16.2. The van der Waals surface area contributed by atoms with Gasteiger partial charge in [0.1, 0.15) is 11.6 Å². The van der Waals surface area contributed by atoms with Crippen LogP contribution in [0.4, 0.5) is 11.4 Å². The molecule has 0 radical (unpaired) electrons. The number of nitriles is 1. The lowest BCUT2D eigenvalue weighted by Crippen LogP contribution is -2.21. The molecule has 0 saturated heterocycles. The van der Waals surface area contributed by atoms with Crippen LogP contribution in [0.5, 0.6) is 0 Å². The van der Waals surface area contributed by atoms with Crippen LogP contribution in [0.3, 0.4) is 0 Å². The molecule has 6 heteroatoms. The van der Waals surface area contributed by atoms with Crippen molar-refractivity contribution < 1.29 is 9.59 Å². The predicted molar refractivity (Wildman–Crippen MR) is 125 cm³/mol. The van der Waals surface area contributed by atoms with Crippen molar-refractivity contribution in [2.75, 3.05) is 10.6 Å². The number of hydrogen-bond acceptors (Lipinski definition) is 4. The van der Waals surface area contributed by atoms with Crippen LogP contribution in [0.2, 0.25) is 0 Å². The Bertz CT molecular complexity index is 1080. The van der Waals surface area contributed by atoms with Crippen LogP contribution < -0.4 is 10.6 Å². The van der Waals surface area contributed by atoms with Gasteiger partial charge < -0.3 is 15.5 Å². The van der Waals surface area contributed by atoms with Crippen LogP contribution in [-0.2, 0) is 22.7 Å². The van der Waals surface area contributed by atoms with Gasteiger partial charge in [0.2, 0.25) is 5.91 Å². The van der Waals surface area contributed by atoms with Gasteiger partial charge in [-0.3, -0.25) is 9.59 Å². The lowest BCUT2D eigenvalue weighted by atomic mass is 10.1. The van der Waals surface area contributed by atoms with Crippen LogP contribution >= 0.6 is 0 Å². The Balaban J connectivity index is 1.77. The largest absolute Gasteiger partial charge is 0.367 e. The summed E-state index contributed by atoms with van der Waals surface area (Å²) in [6.07, 6.45) is 1.60. The molecule has 6 nitrogen and oxygen atoms in total. The Kier molecular flexibility index (Phi) is 7.77. The predicted octanol–water partition coefficient (Wildman–Crippen LogP) is 4.69. The lowest BCUT2D eigenvalue weighted by molar-refractivity contribution is -0.114. The van der Waals surface area contributed by atoms with Gasteiger partial charge in [-0.25, -0.2) is 0 Å². The van der Waals surface area contributed by atoms with E-state index < -0.39 is 5.91 Å². The van der Waals surface area contributed by atoms with Crippen molar-refractivity contribution in [3.8, 4) is 6.07 Å². The SMILES string of the molecule is CC(=O)Nc1ccc(NC(=O)/C(C#N)=C\N(Cc2ccccc2)Cc2ccccc2)cc1.